The van der Waals surface area contributed by atoms with Gasteiger partial charge in [-0.15, -0.1) is 0 Å². The third kappa shape index (κ3) is 3.43. The molecule has 0 unspecified atom stereocenters. The van der Waals surface area contributed by atoms with Crippen LogP contribution in [0.15, 0.2) is 24.3 Å². The Hall–Kier alpha value is -0.330. The van der Waals surface area contributed by atoms with Crippen LogP contribution < -0.4 is 0 Å². The lowest BCUT2D eigenvalue weighted by Crippen LogP contribution is -2.24. The number of phenolic OH excluding ortho intramolecular Hbond substituents is 1. The fourth-order valence-corrected chi connectivity index (χ4v) is 1.79. The summed E-state index contributed by atoms with van der Waals surface area (Å²) in [6.07, 6.45) is 0. The van der Waals surface area contributed by atoms with Gasteiger partial charge in [-0.3, -0.25) is 4.90 Å². The predicted octanol–water partition coefficient (Wildman–Crippen LogP) is 1.58. The maximum absolute atomic E-state index is 9.53. The van der Waals surface area contributed by atoms with E-state index in [2.05, 4.69) is 27.5 Å². The minimum absolute atomic E-state index is 0.149. The van der Waals surface area contributed by atoms with Gasteiger partial charge in [0, 0.05) is 18.7 Å². The SMILES string of the molecule is OCCN(CI)Cc1ccccc1O. The lowest BCUT2D eigenvalue weighted by atomic mass is 10.2. The molecule has 0 heterocycles. The second-order valence-electron chi connectivity index (χ2n) is 3.02. The molecule has 0 fully saturated rings. The number of halogens is 1. The first-order valence-electron chi connectivity index (χ1n) is 4.44. The zero-order valence-electron chi connectivity index (χ0n) is 7.86. The number of aliphatic hydroxyl groups excluding tert-OH is 1. The van der Waals surface area contributed by atoms with E-state index in [0.717, 1.165) is 10.1 Å². The molecule has 14 heavy (non-hydrogen) atoms. The summed E-state index contributed by atoms with van der Waals surface area (Å²) in [6.45, 7) is 1.46. The summed E-state index contributed by atoms with van der Waals surface area (Å²) >= 11 is 2.24. The van der Waals surface area contributed by atoms with E-state index in [1.54, 1.807) is 12.1 Å². The highest BCUT2D eigenvalue weighted by molar-refractivity contribution is 14.1. The highest BCUT2D eigenvalue weighted by atomic mass is 127. The first-order chi connectivity index (χ1) is 6.77. The van der Waals surface area contributed by atoms with Crippen molar-refractivity contribution in [2.24, 2.45) is 0 Å². The molecule has 0 spiro atoms. The fraction of sp³-hybridized carbons (Fsp3) is 0.400. The third-order valence-corrected chi connectivity index (χ3v) is 2.94. The summed E-state index contributed by atoms with van der Waals surface area (Å²) in [5, 5.41) is 18.3. The molecule has 0 saturated carbocycles. The van der Waals surface area contributed by atoms with E-state index in [1.165, 1.54) is 0 Å². The Balaban J connectivity index is 2.62. The number of alkyl halides is 1. The van der Waals surface area contributed by atoms with Crippen LogP contribution in [0.1, 0.15) is 5.56 Å². The van der Waals surface area contributed by atoms with Crippen molar-refractivity contribution in [3.8, 4) is 5.75 Å². The molecule has 0 amide bonds. The zero-order chi connectivity index (χ0) is 10.4. The molecule has 0 bridgehead atoms. The van der Waals surface area contributed by atoms with E-state index in [-0.39, 0.29) is 6.61 Å². The van der Waals surface area contributed by atoms with Crippen LogP contribution >= 0.6 is 22.6 Å². The molecule has 0 radical (unpaired) electrons. The van der Waals surface area contributed by atoms with E-state index in [1.807, 2.05) is 12.1 Å². The fourth-order valence-electron chi connectivity index (χ4n) is 1.21. The maximum Gasteiger partial charge on any atom is 0.120 e. The van der Waals surface area contributed by atoms with Crippen molar-refractivity contribution in [3.05, 3.63) is 29.8 Å². The Morgan fingerprint density at radius 2 is 2.00 bits per heavy atom. The summed E-state index contributed by atoms with van der Waals surface area (Å²) in [5.74, 6) is 0.320. The monoisotopic (exact) mass is 307 g/mol. The molecule has 0 saturated heterocycles. The summed E-state index contributed by atoms with van der Waals surface area (Å²) in [4.78, 5) is 2.07. The molecule has 0 aliphatic rings. The van der Waals surface area contributed by atoms with Crippen molar-refractivity contribution in [3.63, 3.8) is 0 Å². The molecular weight excluding hydrogens is 293 g/mol. The number of hydrogen-bond acceptors (Lipinski definition) is 3. The lowest BCUT2D eigenvalue weighted by Gasteiger charge is -2.18. The Morgan fingerprint density at radius 1 is 1.29 bits per heavy atom. The van der Waals surface area contributed by atoms with Gasteiger partial charge in [0.2, 0.25) is 0 Å². The smallest absolute Gasteiger partial charge is 0.120 e. The molecule has 1 aromatic rings. The predicted molar refractivity (Wildman–Crippen MR) is 64.5 cm³/mol. The van der Waals surface area contributed by atoms with Crippen molar-refractivity contribution in [2.45, 2.75) is 6.54 Å². The van der Waals surface area contributed by atoms with Gasteiger partial charge in [-0.05, 0) is 6.07 Å². The first kappa shape index (κ1) is 11.7. The second-order valence-corrected chi connectivity index (χ2v) is 3.71. The van der Waals surface area contributed by atoms with E-state index >= 15 is 0 Å². The van der Waals surface area contributed by atoms with Gasteiger partial charge in [-0.1, -0.05) is 40.8 Å². The largest absolute Gasteiger partial charge is 0.508 e. The summed E-state index contributed by atoms with van der Waals surface area (Å²) < 4.78 is 0.840. The van der Waals surface area contributed by atoms with Crippen LogP contribution in [0, 0.1) is 0 Å². The average Bonchev–Trinajstić information content (AvgIpc) is 2.20. The number of aromatic hydroxyl groups is 1. The Morgan fingerprint density at radius 3 is 2.57 bits per heavy atom. The van der Waals surface area contributed by atoms with Gasteiger partial charge < -0.3 is 10.2 Å². The number of aliphatic hydroxyl groups is 1. The Kier molecular flexibility index (Phi) is 5.21. The van der Waals surface area contributed by atoms with Crippen molar-refractivity contribution >= 4 is 22.6 Å². The molecule has 0 atom stereocenters. The molecule has 2 N–H and O–H groups in total. The minimum Gasteiger partial charge on any atom is -0.508 e. The topological polar surface area (TPSA) is 43.7 Å². The van der Waals surface area contributed by atoms with E-state index in [4.69, 9.17) is 5.11 Å². The van der Waals surface area contributed by atoms with Gasteiger partial charge in [0.05, 0.1) is 11.2 Å². The Bertz CT molecular complexity index is 281. The minimum atomic E-state index is 0.149. The highest BCUT2D eigenvalue weighted by Crippen LogP contribution is 2.17. The third-order valence-electron chi connectivity index (χ3n) is 1.97. The van der Waals surface area contributed by atoms with E-state index in [0.29, 0.717) is 18.8 Å². The van der Waals surface area contributed by atoms with Crippen molar-refractivity contribution < 1.29 is 10.2 Å². The zero-order valence-corrected chi connectivity index (χ0v) is 10.0. The normalized spacial score (nSPS) is 10.8. The second kappa shape index (κ2) is 6.21. The van der Waals surface area contributed by atoms with Crippen molar-refractivity contribution in [2.75, 3.05) is 17.7 Å². The maximum atomic E-state index is 9.53. The van der Waals surface area contributed by atoms with Crippen molar-refractivity contribution in [1.29, 1.82) is 0 Å². The van der Waals surface area contributed by atoms with Gasteiger partial charge in [-0.25, -0.2) is 0 Å². The van der Waals surface area contributed by atoms with Crippen LogP contribution in [0.25, 0.3) is 0 Å². The van der Waals surface area contributed by atoms with Crippen LogP contribution in [0.4, 0.5) is 0 Å². The number of phenols is 1. The van der Waals surface area contributed by atoms with Crippen LogP contribution in [0.2, 0.25) is 0 Å². The number of para-hydroxylation sites is 1. The van der Waals surface area contributed by atoms with Crippen LogP contribution in [-0.2, 0) is 6.54 Å². The average molecular weight is 307 g/mol. The van der Waals surface area contributed by atoms with E-state index < -0.39 is 0 Å². The van der Waals surface area contributed by atoms with Crippen LogP contribution in [0.3, 0.4) is 0 Å². The van der Waals surface area contributed by atoms with Crippen LogP contribution in [0.5, 0.6) is 5.75 Å². The summed E-state index contributed by atoms with van der Waals surface area (Å²) in [7, 11) is 0. The van der Waals surface area contributed by atoms with Crippen molar-refractivity contribution in [1.82, 2.24) is 4.90 Å². The number of benzene rings is 1. The first-order valence-corrected chi connectivity index (χ1v) is 5.96. The molecule has 0 aliphatic heterocycles. The Labute approximate surface area is 97.5 Å². The van der Waals surface area contributed by atoms with Gasteiger partial charge in [0.15, 0.2) is 0 Å². The molecule has 4 heteroatoms. The van der Waals surface area contributed by atoms with Crippen LogP contribution in [-0.4, -0.2) is 32.8 Å². The standard InChI is InChI=1S/C10H14INO2/c11-8-12(5-6-13)7-9-3-1-2-4-10(9)14/h1-4,13-14H,5-8H2. The number of hydrogen-bond donors (Lipinski definition) is 2. The van der Waals surface area contributed by atoms with E-state index in [9.17, 15) is 5.11 Å². The summed E-state index contributed by atoms with van der Waals surface area (Å²) in [6, 6.07) is 7.28. The van der Waals surface area contributed by atoms with Gasteiger partial charge >= 0.3 is 0 Å². The highest BCUT2D eigenvalue weighted by Gasteiger charge is 2.06. The summed E-state index contributed by atoms with van der Waals surface area (Å²) in [5.41, 5.74) is 0.901. The number of rotatable bonds is 5. The molecular formula is C10H14INO2. The molecule has 0 aliphatic carbocycles. The quantitative estimate of drug-likeness (QED) is 0.493. The van der Waals surface area contributed by atoms with Gasteiger partial charge in [-0.2, -0.15) is 0 Å². The molecule has 3 nitrogen and oxygen atoms in total. The molecule has 1 rings (SSSR count). The molecule has 1 aromatic carbocycles. The van der Waals surface area contributed by atoms with Gasteiger partial charge in [0.1, 0.15) is 5.75 Å². The lowest BCUT2D eigenvalue weighted by molar-refractivity contribution is 0.213. The molecule has 78 valence electrons. The number of nitrogens with zero attached hydrogens (tertiary/aromatic N) is 1. The van der Waals surface area contributed by atoms with Gasteiger partial charge in [0.25, 0.3) is 0 Å². The molecule has 0 aromatic heterocycles.